The van der Waals surface area contributed by atoms with Gasteiger partial charge >= 0.3 is 5.97 Å². The maximum absolute atomic E-state index is 11.9. The number of ether oxygens (including phenoxy) is 2. The fraction of sp³-hybridized carbons (Fsp3) is 0.136. The van der Waals surface area contributed by atoms with Crippen LogP contribution >= 0.6 is 11.6 Å². The Morgan fingerprint density at radius 1 is 1.10 bits per heavy atom. The minimum atomic E-state index is -1.13. The number of hydrogen-bond acceptors (Lipinski definition) is 6. The zero-order valence-electron chi connectivity index (χ0n) is 16.2. The van der Waals surface area contributed by atoms with Gasteiger partial charge in [0.15, 0.2) is 0 Å². The molecule has 1 N–H and O–H groups in total. The van der Waals surface area contributed by atoms with Crippen molar-refractivity contribution in [3.63, 3.8) is 0 Å². The number of rotatable bonds is 5. The summed E-state index contributed by atoms with van der Waals surface area (Å²) in [5.74, 6) is 0.0473. The number of pyridine rings is 2. The summed E-state index contributed by atoms with van der Waals surface area (Å²) >= 11 is 6.03. The number of aliphatic hydroxyl groups excluding tert-OH is 1. The van der Waals surface area contributed by atoms with E-state index in [9.17, 15) is 9.90 Å². The van der Waals surface area contributed by atoms with E-state index in [0.29, 0.717) is 33.2 Å². The van der Waals surface area contributed by atoms with Gasteiger partial charge < -0.3 is 14.6 Å². The molecule has 0 saturated carbocycles. The molecule has 7 nitrogen and oxygen atoms in total. The molecule has 0 fully saturated rings. The summed E-state index contributed by atoms with van der Waals surface area (Å²) in [6, 6.07) is 15.6. The highest BCUT2D eigenvalue weighted by Gasteiger charge is 2.25. The average molecular weight is 424 g/mol. The topological polar surface area (TPSA) is 86.0 Å². The van der Waals surface area contributed by atoms with Crippen molar-refractivity contribution in [2.75, 3.05) is 14.2 Å². The first-order valence-corrected chi connectivity index (χ1v) is 9.45. The van der Waals surface area contributed by atoms with Gasteiger partial charge in [-0.3, -0.25) is 0 Å². The molecule has 4 aromatic rings. The van der Waals surface area contributed by atoms with E-state index in [1.807, 2.05) is 18.2 Å². The number of aromatic nitrogens is 3. The average Bonchev–Trinajstić information content (AvgIpc) is 3.17. The summed E-state index contributed by atoms with van der Waals surface area (Å²) in [6.45, 7) is 0. The highest BCUT2D eigenvalue weighted by Crippen LogP contribution is 2.35. The van der Waals surface area contributed by atoms with E-state index in [-0.39, 0.29) is 5.69 Å². The molecule has 0 saturated heterocycles. The number of nitrogens with zero attached hydrogens (tertiary/aromatic N) is 3. The third-order valence-electron chi connectivity index (χ3n) is 4.71. The molecule has 0 aliphatic rings. The lowest BCUT2D eigenvalue weighted by molar-refractivity contribution is 0.0593. The molecule has 3 aromatic heterocycles. The second-order valence-electron chi connectivity index (χ2n) is 6.51. The van der Waals surface area contributed by atoms with Gasteiger partial charge in [0, 0.05) is 16.1 Å². The number of halogens is 1. The number of methoxy groups -OCH3 is 2. The monoisotopic (exact) mass is 423 g/mol. The summed E-state index contributed by atoms with van der Waals surface area (Å²) in [4.78, 5) is 16.2. The molecule has 0 spiro atoms. The van der Waals surface area contributed by atoms with Crippen LogP contribution in [0.5, 0.6) is 5.75 Å². The second kappa shape index (κ2) is 8.14. The summed E-state index contributed by atoms with van der Waals surface area (Å²) in [5, 5.41) is 16.5. The van der Waals surface area contributed by atoms with E-state index in [4.69, 9.17) is 21.1 Å². The fourth-order valence-corrected chi connectivity index (χ4v) is 3.36. The lowest BCUT2D eigenvalue weighted by atomic mass is 9.99. The van der Waals surface area contributed by atoms with Crippen molar-refractivity contribution >= 4 is 23.1 Å². The van der Waals surface area contributed by atoms with Gasteiger partial charge in [0.1, 0.15) is 17.5 Å². The highest BCUT2D eigenvalue weighted by molar-refractivity contribution is 6.30. The molecule has 8 heteroatoms. The van der Waals surface area contributed by atoms with E-state index >= 15 is 0 Å². The van der Waals surface area contributed by atoms with Crippen molar-refractivity contribution in [1.29, 1.82) is 0 Å². The van der Waals surface area contributed by atoms with Gasteiger partial charge in [-0.15, -0.1) is 0 Å². The Kier molecular flexibility index (Phi) is 5.39. The molecular formula is C22H18ClN3O4. The number of carbonyl (C=O) groups is 1. The van der Waals surface area contributed by atoms with Crippen molar-refractivity contribution in [3.05, 3.63) is 82.8 Å². The number of benzene rings is 1. The van der Waals surface area contributed by atoms with Crippen molar-refractivity contribution < 1.29 is 19.4 Å². The molecule has 0 radical (unpaired) electrons. The summed E-state index contributed by atoms with van der Waals surface area (Å²) < 4.78 is 11.7. The molecule has 152 valence electrons. The van der Waals surface area contributed by atoms with Crippen LogP contribution in [0, 0.1) is 0 Å². The predicted octanol–water partition coefficient (Wildman–Crippen LogP) is 3.93. The fourth-order valence-electron chi connectivity index (χ4n) is 3.23. The van der Waals surface area contributed by atoms with Gasteiger partial charge in [0.25, 0.3) is 0 Å². The number of carbonyl (C=O) groups excluding carboxylic acids is 1. The van der Waals surface area contributed by atoms with Crippen LogP contribution in [-0.4, -0.2) is 39.9 Å². The SMILES string of the molecule is COC(=O)c1cccc(C(O)c2c(-c3ccc(Cl)cc3)nn3cc(OC)ccc23)n1. The molecule has 3 heterocycles. The van der Waals surface area contributed by atoms with Crippen LogP contribution in [0.4, 0.5) is 0 Å². The third-order valence-corrected chi connectivity index (χ3v) is 4.96. The van der Waals surface area contributed by atoms with Crippen molar-refractivity contribution in [3.8, 4) is 17.0 Å². The number of hydrogen-bond donors (Lipinski definition) is 1. The van der Waals surface area contributed by atoms with Crippen LogP contribution in [-0.2, 0) is 4.74 Å². The van der Waals surface area contributed by atoms with Crippen LogP contribution in [0.3, 0.4) is 0 Å². The Hall–Kier alpha value is -3.42. The van der Waals surface area contributed by atoms with Gasteiger partial charge in [-0.1, -0.05) is 29.8 Å². The van der Waals surface area contributed by atoms with E-state index < -0.39 is 12.1 Å². The largest absolute Gasteiger partial charge is 0.495 e. The first-order chi connectivity index (χ1) is 14.5. The highest BCUT2D eigenvalue weighted by atomic mass is 35.5. The van der Waals surface area contributed by atoms with Crippen molar-refractivity contribution in [2.24, 2.45) is 0 Å². The third kappa shape index (κ3) is 3.60. The Balaban J connectivity index is 1.91. The number of fused-ring (bicyclic) bond motifs is 1. The van der Waals surface area contributed by atoms with Crippen LogP contribution in [0.25, 0.3) is 16.8 Å². The Morgan fingerprint density at radius 2 is 1.87 bits per heavy atom. The minimum absolute atomic E-state index is 0.111. The van der Waals surface area contributed by atoms with Crippen molar-refractivity contribution in [2.45, 2.75) is 6.10 Å². The van der Waals surface area contributed by atoms with Gasteiger partial charge in [-0.05, 0) is 36.4 Å². The standard InChI is InChI=1S/C22H18ClN3O4/c1-29-15-10-11-18-19(21(27)16-4-3-5-17(24-16)22(28)30-2)20(25-26(18)12-15)13-6-8-14(23)9-7-13/h3-12,21,27H,1-2H3. The smallest absolute Gasteiger partial charge is 0.356 e. The molecule has 0 amide bonds. The van der Waals surface area contributed by atoms with Crippen molar-refractivity contribution in [1.82, 2.24) is 14.6 Å². The van der Waals surface area contributed by atoms with Gasteiger partial charge in [0.05, 0.1) is 37.3 Å². The maximum atomic E-state index is 11.9. The Morgan fingerprint density at radius 3 is 2.57 bits per heavy atom. The first-order valence-electron chi connectivity index (χ1n) is 9.07. The molecule has 0 aliphatic carbocycles. The van der Waals surface area contributed by atoms with Crippen LogP contribution in [0.15, 0.2) is 60.8 Å². The Bertz CT molecular complexity index is 1220. The van der Waals surface area contributed by atoms with E-state index in [1.54, 1.807) is 48.2 Å². The molecule has 1 aromatic carbocycles. The Labute approximate surface area is 177 Å². The normalized spacial score (nSPS) is 12.0. The van der Waals surface area contributed by atoms with Crippen LogP contribution < -0.4 is 4.74 Å². The summed E-state index contributed by atoms with van der Waals surface area (Å²) in [6.07, 6.45) is 0.592. The first kappa shape index (κ1) is 19.9. The number of aliphatic hydroxyl groups is 1. The van der Waals surface area contributed by atoms with E-state index in [2.05, 4.69) is 10.1 Å². The lowest BCUT2D eigenvalue weighted by Gasteiger charge is -2.12. The zero-order chi connectivity index (χ0) is 21.3. The molecule has 0 bridgehead atoms. The van der Waals surface area contributed by atoms with Crippen LogP contribution in [0.2, 0.25) is 5.02 Å². The van der Waals surface area contributed by atoms with Gasteiger partial charge in [-0.25, -0.2) is 14.3 Å². The molecule has 0 aliphatic heterocycles. The zero-order valence-corrected chi connectivity index (χ0v) is 17.0. The predicted molar refractivity (Wildman–Crippen MR) is 112 cm³/mol. The molecule has 4 rings (SSSR count). The molecule has 1 unspecified atom stereocenters. The molecular weight excluding hydrogens is 406 g/mol. The second-order valence-corrected chi connectivity index (χ2v) is 6.95. The van der Waals surface area contributed by atoms with Gasteiger partial charge in [0.2, 0.25) is 0 Å². The van der Waals surface area contributed by atoms with E-state index in [1.165, 1.54) is 13.2 Å². The molecule has 1 atom stereocenters. The maximum Gasteiger partial charge on any atom is 0.356 e. The summed E-state index contributed by atoms with van der Waals surface area (Å²) in [5.41, 5.74) is 2.99. The minimum Gasteiger partial charge on any atom is -0.495 e. The van der Waals surface area contributed by atoms with E-state index in [0.717, 1.165) is 5.56 Å². The summed E-state index contributed by atoms with van der Waals surface area (Å²) in [7, 11) is 2.85. The van der Waals surface area contributed by atoms with Gasteiger partial charge in [-0.2, -0.15) is 5.10 Å². The quantitative estimate of drug-likeness (QED) is 0.489. The molecule has 30 heavy (non-hydrogen) atoms. The lowest BCUT2D eigenvalue weighted by Crippen LogP contribution is -2.09. The van der Waals surface area contributed by atoms with Crippen LogP contribution in [0.1, 0.15) is 27.8 Å². The number of esters is 1.